The molecule has 0 amide bonds. The molecule has 4 rings (SSSR count). The highest BCUT2D eigenvalue weighted by Crippen LogP contribution is 2.44. The lowest BCUT2D eigenvalue weighted by Gasteiger charge is -2.33. The Bertz CT molecular complexity index is 473. The number of benzene rings is 1. The molecule has 0 N–H and O–H groups in total. The summed E-state index contributed by atoms with van der Waals surface area (Å²) in [5.41, 5.74) is 4.99. The Hall–Kier alpha value is -0.780. The van der Waals surface area contributed by atoms with Crippen LogP contribution in [0.2, 0.25) is 0 Å². The van der Waals surface area contributed by atoms with Crippen LogP contribution in [0.25, 0.3) is 0 Å². The van der Waals surface area contributed by atoms with Gasteiger partial charge in [0, 0.05) is 0 Å². The molecular weight excluding hydrogens is 252 g/mol. The van der Waals surface area contributed by atoms with Gasteiger partial charge in [0.15, 0.2) is 0 Å². The number of hydrogen-bond acceptors (Lipinski definition) is 0. The number of aryl methyl sites for hydroxylation is 2. The molecule has 0 bridgehead atoms. The van der Waals surface area contributed by atoms with Crippen LogP contribution in [0.5, 0.6) is 0 Å². The van der Waals surface area contributed by atoms with E-state index in [1.807, 2.05) is 0 Å². The third-order valence-electron chi connectivity index (χ3n) is 6.68. The van der Waals surface area contributed by atoms with Gasteiger partial charge in [-0.1, -0.05) is 43.9 Å². The molecule has 0 atom stereocenters. The third-order valence-corrected chi connectivity index (χ3v) is 6.68. The van der Waals surface area contributed by atoms with Crippen molar-refractivity contribution in [2.24, 2.45) is 11.8 Å². The van der Waals surface area contributed by atoms with Gasteiger partial charge < -0.3 is 0 Å². The van der Waals surface area contributed by atoms with Crippen LogP contribution < -0.4 is 0 Å². The molecule has 1 aromatic carbocycles. The Labute approximate surface area is 130 Å². The molecule has 0 saturated heterocycles. The molecule has 3 aliphatic carbocycles. The Morgan fingerprint density at radius 1 is 0.619 bits per heavy atom. The highest BCUT2D eigenvalue weighted by Gasteiger charge is 2.30. The molecule has 0 spiro atoms. The van der Waals surface area contributed by atoms with Gasteiger partial charge in [-0.3, -0.25) is 0 Å². The Kier molecular flexibility index (Phi) is 4.05. The highest BCUT2D eigenvalue weighted by atomic mass is 14.3. The zero-order valence-corrected chi connectivity index (χ0v) is 13.4. The second-order valence-corrected chi connectivity index (χ2v) is 7.89. The van der Waals surface area contributed by atoms with E-state index in [0.29, 0.717) is 0 Å². The predicted octanol–water partition coefficient (Wildman–Crippen LogP) is 6.03. The van der Waals surface area contributed by atoms with Gasteiger partial charge in [-0.2, -0.15) is 0 Å². The minimum Gasteiger partial charge on any atom is -0.0585 e. The first-order valence-electron chi connectivity index (χ1n) is 9.52. The van der Waals surface area contributed by atoms with E-state index in [-0.39, 0.29) is 0 Å². The minimum atomic E-state index is 0.870. The van der Waals surface area contributed by atoms with E-state index in [1.54, 1.807) is 16.7 Å². The molecule has 21 heavy (non-hydrogen) atoms. The first kappa shape index (κ1) is 13.9. The maximum absolute atomic E-state index is 2.58. The zero-order valence-electron chi connectivity index (χ0n) is 13.4. The van der Waals surface area contributed by atoms with Gasteiger partial charge >= 0.3 is 0 Å². The van der Waals surface area contributed by atoms with E-state index in [2.05, 4.69) is 18.2 Å². The standard InChI is InChI=1S/C21H30/c1-2-6-16(5-1)18-9-11-19(12-10-18)21-14-13-17-7-3-4-8-20(17)15-21/h13-16,18-19H,1-12H2. The van der Waals surface area contributed by atoms with Gasteiger partial charge in [0.05, 0.1) is 0 Å². The lowest BCUT2D eigenvalue weighted by molar-refractivity contribution is 0.235. The second-order valence-electron chi connectivity index (χ2n) is 7.89. The van der Waals surface area contributed by atoms with Crippen LogP contribution in [0, 0.1) is 11.8 Å². The van der Waals surface area contributed by atoms with Crippen molar-refractivity contribution in [1.82, 2.24) is 0 Å². The third kappa shape index (κ3) is 2.91. The zero-order chi connectivity index (χ0) is 14.1. The van der Waals surface area contributed by atoms with E-state index in [4.69, 9.17) is 0 Å². The van der Waals surface area contributed by atoms with E-state index in [0.717, 1.165) is 17.8 Å². The number of rotatable bonds is 2. The molecular formula is C21H30. The summed E-state index contributed by atoms with van der Waals surface area (Å²) >= 11 is 0. The van der Waals surface area contributed by atoms with Crippen molar-refractivity contribution in [1.29, 1.82) is 0 Å². The van der Waals surface area contributed by atoms with Gasteiger partial charge in [0.1, 0.15) is 0 Å². The predicted molar refractivity (Wildman–Crippen MR) is 89.7 cm³/mol. The highest BCUT2D eigenvalue weighted by molar-refractivity contribution is 5.35. The lowest BCUT2D eigenvalue weighted by Crippen LogP contribution is -2.19. The van der Waals surface area contributed by atoms with Crippen molar-refractivity contribution < 1.29 is 0 Å². The van der Waals surface area contributed by atoms with Crippen molar-refractivity contribution in [3.05, 3.63) is 34.9 Å². The molecule has 0 unspecified atom stereocenters. The summed E-state index contributed by atoms with van der Waals surface area (Å²) in [4.78, 5) is 0. The van der Waals surface area contributed by atoms with Crippen molar-refractivity contribution in [2.75, 3.05) is 0 Å². The SMILES string of the molecule is c1cc2c(cc1C1CCC(C3CCCC3)CC1)CCCC2. The van der Waals surface area contributed by atoms with E-state index in [9.17, 15) is 0 Å². The second kappa shape index (κ2) is 6.15. The maximum atomic E-state index is 2.58. The lowest BCUT2D eigenvalue weighted by atomic mass is 9.73. The van der Waals surface area contributed by atoms with Gasteiger partial charge in [-0.15, -0.1) is 0 Å². The van der Waals surface area contributed by atoms with Gasteiger partial charge in [-0.25, -0.2) is 0 Å². The molecule has 1 aromatic rings. The minimum absolute atomic E-state index is 0.870. The smallest absolute Gasteiger partial charge is 0.0162 e. The topological polar surface area (TPSA) is 0 Å². The first-order chi connectivity index (χ1) is 10.4. The molecule has 0 heteroatoms. The van der Waals surface area contributed by atoms with Crippen molar-refractivity contribution in [2.45, 2.75) is 83.0 Å². The summed E-state index contributed by atoms with van der Waals surface area (Å²) in [6.07, 6.45) is 17.5. The van der Waals surface area contributed by atoms with E-state index >= 15 is 0 Å². The normalized spacial score (nSPS) is 30.3. The summed E-state index contributed by atoms with van der Waals surface area (Å²) in [7, 11) is 0. The Balaban J connectivity index is 1.41. The fraction of sp³-hybridized carbons (Fsp3) is 0.714. The molecule has 114 valence electrons. The van der Waals surface area contributed by atoms with E-state index < -0.39 is 0 Å². The monoisotopic (exact) mass is 282 g/mol. The van der Waals surface area contributed by atoms with Gasteiger partial charge in [0.2, 0.25) is 0 Å². The van der Waals surface area contributed by atoms with Crippen LogP contribution in [0.15, 0.2) is 18.2 Å². The van der Waals surface area contributed by atoms with Crippen LogP contribution in [0.3, 0.4) is 0 Å². The molecule has 0 nitrogen and oxygen atoms in total. The molecule has 0 radical (unpaired) electrons. The van der Waals surface area contributed by atoms with Gasteiger partial charge in [-0.05, 0) is 85.8 Å². The van der Waals surface area contributed by atoms with Crippen LogP contribution in [-0.4, -0.2) is 0 Å². The summed E-state index contributed by atoms with van der Waals surface area (Å²) in [5.74, 6) is 3.03. The Morgan fingerprint density at radius 3 is 2.05 bits per heavy atom. The summed E-state index contributed by atoms with van der Waals surface area (Å²) < 4.78 is 0. The molecule has 0 aliphatic heterocycles. The van der Waals surface area contributed by atoms with Crippen LogP contribution in [0.4, 0.5) is 0 Å². The van der Waals surface area contributed by atoms with Crippen molar-refractivity contribution in [3.63, 3.8) is 0 Å². The van der Waals surface area contributed by atoms with Crippen molar-refractivity contribution >= 4 is 0 Å². The molecule has 0 heterocycles. The van der Waals surface area contributed by atoms with Crippen LogP contribution in [-0.2, 0) is 12.8 Å². The fourth-order valence-electron chi connectivity index (χ4n) is 5.36. The largest absolute Gasteiger partial charge is 0.0585 e. The molecule has 0 aromatic heterocycles. The fourth-order valence-corrected chi connectivity index (χ4v) is 5.36. The quantitative estimate of drug-likeness (QED) is 0.621. The molecule has 2 fully saturated rings. The van der Waals surface area contributed by atoms with Crippen LogP contribution >= 0.6 is 0 Å². The van der Waals surface area contributed by atoms with E-state index in [1.165, 1.54) is 77.0 Å². The number of fused-ring (bicyclic) bond motifs is 1. The average molecular weight is 282 g/mol. The molecule has 2 saturated carbocycles. The average Bonchev–Trinajstić information content (AvgIpc) is 3.09. The first-order valence-corrected chi connectivity index (χ1v) is 9.52. The summed E-state index contributed by atoms with van der Waals surface area (Å²) in [6.45, 7) is 0. The summed E-state index contributed by atoms with van der Waals surface area (Å²) in [6, 6.07) is 7.49. The Morgan fingerprint density at radius 2 is 1.29 bits per heavy atom. The number of hydrogen-bond donors (Lipinski definition) is 0. The van der Waals surface area contributed by atoms with Gasteiger partial charge in [0.25, 0.3) is 0 Å². The maximum Gasteiger partial charge on any atom is -0.0162 e. The summed E-state index contributed by atoms with van der Waals surface area (Å²) in [5, 5.41) is 0. The molecule has 3 aliphatic rings. The van der Waals surface area contributed by atoms with Crippen LogP contribution in [0.1, 0.15) is 86.8 Å². The van der Waals surface area contributed by atoms with Crippen molar-refractivity contribution in [3.8, 4) is 0 Å².